The molecule has 2 N–H and O–H groups in total. The minimum atomic E-state index is -0.752. The molecule has 1 aliphatic heterocycles. The van der Waals surface area contributed by atoms with Gasteiger partial charge in [-0.25, -0.2) is 4.79 Å². The lowest BCUT2D eigenvalue weighted by Crippen LogP contribution is -2.45. The highest BCUT2D eigenvalue weighted by molar-refractivity contribution is 5.92. The first kappa shape index (κ1) is 11.9. The molecule has 2 amide bonds. The summed E-state index contributed by atoms with van der Waals surface area (Å²) in [5.41, 5.74) is 0. The third kappa shape index (κ3) is 4.26. The number of nitrogens with zero attached hydrogens (tertiary/aromatic N) is 1. The lowest BCUT2D eigenvalue weighted by atomic mass is 10.1. The highest BCUT2D eigenvalue weighted by atomic mass is 16.5. The van der Waals surface area contributed by atoms with Gasteiger partial charge in [0.25, 0.3) is 0 Å². The number of aliphatic hydroxyl groups excluding tert-OH is 1. The van der Waals surface area contributed by atoms with Gasteiger partial charge in [-0.3, -0.25) is 15.0 Å². The number of hydrogen-bond donors (Lipinski definition) is 2. The van der Waals surface area contributed by atoms with Crippen molar-refractivity contribution in [2.24, 2.45) is 0 Å². The number of rotatable bonds is 2. The molecule has 0 aliphatic carbocycles. The highest BCUT2D eigenvalue weighted by Gasteiger charge is 2.20. The van der Waals surface area contributed by atoms with E-state index in [1.54, 1.807) is 0 Å². The Morgan fingerprint density at radius 1 is 1.60 bits per heavy atom. The molecule has 0 radical (unpaired) electrons. The first-order valence-corrected chi connectivity index (χ1v) is 4.90. The van der Waals surface area contributed by atoms with Crippen LogP contribution < -0.4 is 5.32 Å². The van der Waals surface area contributed by atoms with Crippen LogP contribution in [-0.4, -0.2) is 54.9 Å². The first-order chi connectivity index (χ1) is 7.11. The number of β-amino-alcohol motifs (C(OH)–C–C–N with tert-alkyl or cyclic N) is 1. The largest absolute Gasteiger partial charge is 0.453 e. The smallest absolute Gasteiger partial charge is 0.413 e. The second-order valence-corrected chi connectivity index (χ2v) is 3.57. The van der Waals surface area contributed by atoms with Crippen LogP contribution in [0.25, 0.3) is 0 Å². The van der Waals surface area contributed by atoms with E-state index >= 15 is 0 Å². The average Bonchev–Trinajstić information content (AvgIpc) is 2.17. The Hall–Kier alpha value is -1.14. The second kappa shape index (κ2) is 5.67. The molecule has 0 aromatic carbocycles. The molecule has 15 heavy (non-hydrogen) atoms. The summed E-state index contributed by atoms with van der Waals surface area (Å²) in [5, 5.41) is 11.4. The van der Waals surface area contributed by atoms with E-state index in [0.717, 1.165) is 19.4 Å². The molecule has 0 saturated carbocycles. The maximum atomic E-state index is 11.3. The van der Waals surface area contributed by atoms with Gasteiger partial charge in [0.2, 0.25) is 5.91 Å². The van der Waals surface area contributed by atoms with E-state index in [4.69, 9.17) is 0 Å². The number of methoxy groups -OCH3 is 1. The highest BCUT2D eigenvalue weighted by Crippen LogP contribution is 2.08. The number of carbonyl (C=O) groups excluding carboxylic acids is 2. The summed E-state index contributed by atoms with van der Waals surface area (Å²) in [6.07, 6.45) is 0.518. The molecular formula is C9H16N2O4. The fourth-order valence-corrected chi connectivity index (χ4v) is 1.58. The molecule has 1 saturated heterocycles. The Morgan fingerprint density at radius 2 is 2.33 bits per heavy atom. The molecule has 0 aromatic heterocycles. The van der Waals surface area contributed by atoms with E-state index in [-0.39, 0.29) is 12.6 Å². The maximum absolute atomic E-state index is 11.3. The van der Waals surface area contributed by atoms with Crippen LogP contribution in [0.1, 0.15) is 12.8 Å². The zero-order valence-corrected chi connectivity index (χ0v) is 8.73. The average molecular weight is 216 g/mol. The Morgan fingerprint density at radius 3 is 2.93 bits per heavy atom. The molecular weight excluding hydrogens is 200 g/mol. The summed E-state index contributed by atoms with van der Waals surface area (Å²) in [6.45, 7) is 1.37. The van der Waals surface area contributed by atoms with Gasteiger partial charge in [-0.1, -0.05) is 0 Å². The number of aliphatic hydroxyl groups is 1. The zero-order valence-electron chi connectivity index (χ0n) is 8.73. The fraction of sp³-hybridized carbons (Fsp3) is 0.778. The van der Waals surface area contributed by atoms with Crippen molar-refractivity contribution >= 4 is 12.0 Å². The lowest BCUT2D eigenvalue weighted by molar-refractivity contribution is -0.122. The number of piperidine rings is 1. The molecule has 1 unspecified atom stereocenters. The van der Waals surface area contributed by atoms with Crippen molar-refractivity contribution in [2.45, 2.75) is 18.9 Å². The SMILES string of the molecule is COC(=O)NC(=O)CN1CCCC(O)C1. The van der Waals surface area contributed by atoms with Crippen LogP contribution in [0.2, 0.25) is 0 Å². The number of imide groups is 1. The quantitative estimate of drug-likeness (QED) is 0.639. The van der Waals surface area contributed by atoms with E-state index in [2.05, 4.69) is 10.1 Å². The van der Waals surface area contributed by atoms with Crippen LogP contribution in [-0.2, 0) is 9.53 Å². The van der Waals surface area contributed by atoms with E-state index in [1.165, 1.54) is 7.11 Å². The predicted octanol–water partition coefficient (Wildman–Crippen LogP) is -0.674. The van der Waals surface area contributed by atoms with Gasteiger partial charge < -0.3 is 9.84 Å². The zero-order chi connectivity index (χ0) is 11.3. The van der Waals surface area contributed by atoms with Gasteiger partial charge in [-0.05, 0) is 19.4 Å². The number of amides is 2. The van der Waals surface area contributed by atoms with Gasteiger partial charge in [-0.2, -0.15) is 0 Å². The summed E-state index contributed by atoms with van der Waals surface area (Å²) in [4.78, 5) is 23.8. The Kier molecular flexibility index (Phi) is 4.51. The van der Waals surface area contributed by atoms with Crippen molar-refractivity contribution in [3.05, 3.63) is 0 Å². The fourth-order valence-electron chi connectivity index (χ4n) is 1.58. The number of likely N-dealkylation sites (tertiary alicyclic amines) is 1. The van der Waals surface area contributed by atoms with Crippen molar-refractivity contribution in [1.82, 2.24) is 10.2 Å². The second-order valence-electron chi connectivity index (χ2n) is 3.57. The topological polar surface area (TPSA) is 78.9 Å². The van der Waals surface area contributed by atoms with Gasteiger partial charge in [-0.15, -0.1) is 0 Å². The summed E-state index contributed by atoms with van der Waals surface area (Å²) in [6, 6.07) is 0. The van der Waals surface area contributed by atoms with Crippen molar-refractivity contribution in [3.8, 4) is 0 Å². The van der Waals surface area contributed by atoms with Crippen molar-refractivity contribution < 1.29 is 19.4 Å². The van der Waals surface area contributed by atoms with Crippen LogP contribution in [0, 0.1) is 0 Å². The monoisotopic (exact) mass is 216 g/mol. The molecule has 6 heteroatoms. The number of nitrogens with one attached hydrogen (secondary N) is 1. The standard InChI is InChI=1S/C9H16N2O4/c1-15-9(14)10-8(13)6-11-4-2-3-7(12)5-11/h7,12H,2-6H2,1H3,(H,10,13,14). The van der Waals surface area contributed by atoms with Crippen LogP contribution >= 0.6 is 0 Å². The van der Waals surface area contributed by atoms with E-state index in [1.807, 2.05) is 4.90 Å². The van der Waals surface area contributed by atoms with Crippen LogP contribution in [0.15, 0.2) is 0 Å². The van der Waals surface area contributed by atoms with Crippen molar-refractivity contribution in [3.63, 3.8) is 0 Å². The molecule has 1 aliphatic rings. The van der Waals surface area contributed by atoms with Gasteiger partial charge in [0.15, 0.2) is 0 Å². The number of alkyl carbamates (subject to hydrolysis) is 1. The lowest BCUT2D eigenvalue weighted by Gasteiger charge is -2.28. The molecule has 1 atom stereocenters. The number of carbonyl (C=O) groups is 2. The van der Waals surface area contributed by atoms with Crippen LogP contribution in [0.5, 0.6) is 0 Å². The molecule has 0 aromatic rings. The first-order valence-electron chi connectivity index (χ1n) is 4.90. The van der Waals surface area contributed by atoms with Crippen molar-refractivity contribution in [1.29, 1.82) is 0 Å². The summed E-state index contributed by atoms with van der Waals surface area (Å²) in [7, 11) is 1.20. The normalized spacial score (nSPS) is 22.1. The number of hydrogen-bond acceptors (Lipinski definition) is 5. The molecule has 1 fully saturated rings. The molecule has 86 valence electrons. The summed E-state index contributed by atoms with van der Waals surface area (Å²) >= 11 is 0. The minimum absolute atomic E-state index is 0.117. The molecule has 6 nitrogen and oxygen atoms in total. The van der Waals surface area contributed by atoms with Crippen LogP contribution in [0.4, 0.5) is 4.79 Å². The van der Waals surface area contributed by atoms with E-state index in [9.17, 15) is 14.7 Å². The van der Waals surface area contributed by atoms with Crippen LogP contribution in [0.3, 0.4) is 0 Å². The third-order valence-corrected chi connectivity index (χ3v) is 2.27. The molecule has 1 heterocycles. The Balaban J connectivity index is 2.27. The van der Waals surface area contributed by atoms with Gasteiger partial charge in [0, 0.05) is 6.54 Å². The summed E-state index contributed by atoms with van der Waals surface area (Å²) < 4.78 is 4.29. The van der Waals surface area contributed by atoms with E-state index in [0.29, 0.717) is 6.54 Å². The summed E-state index contributed by atoms with van der Waals surface area (Å²) in [5.74, 6) is -0.407. The van der Waals surface area contributed by atoms with E-state index < -0.39 is 12.0 Å². The third-order valence-electron chi connectivity index (χ3n) is 2.27. The molecule has 0 bridgehead atoms. The molecule has 0 spiro atoms. The van der Waals surface area contributed by atoms with Gasteiger partial charge >= 0.3 is 6.09 Å². The maximum Gasteiger partial charge on any atom is 0.413 e. The Bertz CT molecular complexity index is 244. The van der Waals surface area contributed by atoms with Gasteiger partial charge in [0.1, 0.15) is 0 Å². The molecule has 1 rings (SSSR count). The number of ether oxygens (including phenoxy) is 1. The predicted molar refractivity (Wildman–Crippen MR) is 52.2 cm³/mol. The van der Waals surface area contributed by atoms with Gasteiger partial charge in [0.05, 0.1) is 19.8 Å². The Labute approximate surface area is 88.2 Å². The minimum Gasteiger partial charge on any atom is -0.453 e. The van der Waals surface area contributed by atoms with Crippen molar-refractivity contribution in [2.75, 3.05) is 26.7 Å².